The molecule has 1 aliphatic rings. The maximum Gasteiger partial charge on any atom is 0.251 e. The van der Waals surface area contributed by atoms with Crippen LogP contribution >= 0.6 is 0 Å². The molecule has 34 heavy (non-hydrogen) atoms. The molecule has 2 amide bonds. The number of nitrogens with one attached hydrogen (secondary N) is 2. The molecule has 1 fully saturated rings. The zero-order valence-corrected chi connectivity index (χ0v) is 18.8. The van der Waals surface area contributed by atoms with Crippen LogP contribution in [0.25, 0.3) is 11.3 Å². The van der Waals surface area contributed by atoms with Gasteiger partial charge in [0, 0.05) is 17.5 Å². The van der Waals surface area contributed by atoms with E-state index in [0.717, 1.165) is 11.1 Å². The van der Waals surface area contributed by atoms with Crippen molar-refractivity contribution in [2.24, 2.45) is 0 Å². The molecule has 2 aromatic carbocycles. The highest BCUT2D eigenvalue weighted by molar-refractivity contribution is 6.00. The topological polar surface area (TPSA) is 131 Å². The molecule has 2 heterocycles. The molecular formula is C25H25N3O6. The third kappa shape index (κ3) is 4.84. The average Bonchev–Trinajstić information content (AvgIpc) is 3.45. The standard InChI is InChI=1S/C25H25N3O6/c1-15-25(2,22(30)13-33-15)28-24(32)20(11-16-3-9-19(29)10-4-16)27-23(31)18-7-5-17(6-8-18)21-12-26-14-34-21/h3-10,12,14-15,20,29H,11,13H2,1-2H3,(H,27,31)(H,28,32). The fourth-order valence-corrected chi connectivity index (χ4v) is 3.72. The molecule has 3 N–H and O–H groups in total. The van der Waals surface area contributed by atoms with E-state index in [2.05, 4.69) is 15.6 Å². The number of phenols is 1. The first-order valence-electron chi connectivity index (χ1n) is 10.8. The second-order valence-corrected chi connectivity index (χ2v) is 8.41. The van der Waals surface area contributed by atoms with Gasteiger partial charge in [-0.2, -0.15) is 0 Å². The molecular weight excluding hydrogens is 438 g/mol. The van der Waals surface area contributed by atoms with E-state index in [-0.39, 0.29) is 24.6 Å². The highest BCUT2D eigenvalue weighted by Crippen LogP contribution is 2.23. The summed E-state index contributed by atoms with van der Waals surface area (Å²) in [7, 11) is 0. The van der Waals surface area contributed by atoms with Gasteiger partial charge in [-0.05, 0) is 43.7 Å². The smallest absolute Gasteiger partial charge is 0.251 e. The molecule has 3 atom stereocenters. The Morgan fingerprint density at radius 1 is 1.18 bits per heavy atom. The lowest BCUT2D eigenvalue weighted by molar-refractivity contribution is -0.130. The first-order chi connectivity index (χ1) is 16.3. The fourth-order valence-electron chi connectivity index (χ4n) is 3.72. The van der Waals surface area contributed by atoms with Crippen LogP contribution in [0.2, 0.25) is 0 Å². The number of rotatable bonds is 7. The van der Waals surface area contributed by atoms with E-state index in [9.17, 15) is 19.5 Å². The number of ketones is 1. The minimum atomic E-state index is -1.19. The van der Waals surface area contributed by atoms with Crippen molar-refractivity contribution in [1.29, 1.82) is 0 Å². The quantitative estimate of drug-likeness (QED) is 0.490. The van der Waals surface area contributed by atoms with Crippen molar-refractivity contribution in [1.82, 2.24) is 15.6 Å². The summed E-state index contributed by atoms with van der Waals surface area (Å²) in [5, 5.41) is 15.1. The van der Waals surface area contributed by atoms with Crippen molar-refractivity contribution in [3.8, 4) is 17.1 Å². The van der Waals surface area contributed by atoms with Gasteiger partial charge in [-0.1, -0.05) is 24.3 Å². The van der Waals surface area contributed by atoms with Crippen LogP contribution in [-0.4, -0.2) is 52.0 Å². The molecule has 3 aromatic rings. The minimum Gasteiger partial charge on any atom is -0.508 e. The maximum atomic E-state index is 13.2. The summed E-state index contributed by atoms with van der Waals surface area (Å²) in [6.07, 6.45) is 2.55. The van der Waals surface area contributed by atoms with Crippen LogP contribution in [0.3, 0.4) is 0 Å². The van der Waals surface area contributed by atoms with E-state index in [4.69, 9.17) is 9.15 Å². The summed E-state index contributed by atoms with van der Waals surface area (Å²) in [4.78, 5) is 42.5. The van der Waals surface area contributed by atoms with Crippen molar-refractivity contribution in [2.75, 3.05) is 6.61 Å². The number of hydrogen-bond acceptors (Lipinski definition) is 7. The highest BCUT2D eigenvalue weighted by Gasteiger charge is 2.47. The van der Waals surface area contributed by atoms with E-state index in [1.54, 1.807) is 56.4 Å². The van der Waals surface area contributed by atoms with Crippen molar-refractivity contribution in [2.45, 2.75) is 38.0 Å². The molecule has 0 aliphatic carbocycles. The van der Waals surface area contributed by atoms with Crippen LogP contribution in [0.5, 0.6) is 5.75 Å². The summed E-state index contributed by atoms with van der Waals surface area (Å²) in [6, 6.07) is 12.1. The minimum absolute atomic E-state index is 0.0789. The Labute approximate surface area is 196 Å². The Balaban J connectivity index is 1.53. The normalized spacial score (nSPS) is 20.6. The molecule has 0 spiro atoms. The van der Waals surface area contributed by atoms with Crippen molar-refractivity contribution >= 4 is 17.6 Å². The lowest BCUT2D eigenvalue weighted by atomic mass is 9.92. The third-order valence-corrected chi connectivity index (χ3v) is 6.10. The van der Waals surface area contributed by atoms with Gasteiger partial charge in [-0.25, -0.2) is 4.98 Å². The maximum absolute atomic E-state index is 13.2. The second kappa shape index (κ2) is 9.48. The molecule has 1 saturated heterocycles. The summed E-state index contributed by atoms with van der Waals surface area (Å²) in [6.45, 7) is 3.26. The lowest BCUT2D eigenvalue weighted by Crippen LogP contribution is -2.60. The molecule has 3 unspecified atom stereocenters. The number of amides is 2. The van der Waals surface area contributed by atoms with Gasteiger partial charge in [-0.15, -0.1) is 0 Å². The molecule has 9 nitrogen and oxygen atoms in total. The highest BCUT2D eigenvalue weighted by atomic mass is 16.5. The van der Waals surface area contributed by atoms with Gasteiger partial charge in [0.25, 0.3) is 5.91 Å². The zero-order chi connectivity index (χ0) is 24.3. The fraction of sp³-hybridized carbons (Fsp3) is 0.280. The molecule has 0 radical (unpaired) electrons. The molecule has 9 heteroatoms. The molecule has 1 aromatic heterocycles. The Morgan fingerprint density at radius 2 is 1.88 bits per heavy atom. The van der Waals surface area contributed by atoms with Crippen molar-refractivity contribution in [3.63, 3.8) is 0 Å². The van der Waals surface area contributed by atoms with Crippen molar-refractivity contribution < 1.29 is 28.6 Å². The number of phenolic OH excluding ortho intramolecular Hbond substituents is 1. The first kappa shape index (κ1) is 23.2. The number of aromatic nitrogens is 1. The average molecular weight is 463 g/mol. The molecule has 176 valence electrons. The summed E-state index contributed by atoms with van der Waals surface area (Å²) in [5.41, 5.74) is 0.653. The Bertz CT molecular complexity index is 1170. The predicted molar refractivity (Wildman–Crippen MR) is 122 cm³/mol. The Hall–Kier alpha value is -3.98. The van der Waals surface area contributed by atoms with Crippen LogP contribution in [-0.2, 0) is 20.7 Å². The number of carbonyl (C=O) groups excluding carboxylic acids is 3. The van der Waals surface area contributed by atoms with E-state index in [0.29, 0.717) is 11.3 Å². The van der Waals surface area contributed by atoms with E-state index >= 15 is 0 Å². The van der Waals surface area contributed by atoms with Gasteiger partial charge >= 0.3 is 0 Å². The number of benzene rings is 2. The number of oxazole rings is 1. The number of ether oxygens (including phenoxy) is 1. The SMILES string of the molecule is CC1OCC(=O)C1(C)NC(=O)C(Cc1ccc(O)cc1)NC(=O)c1ccc(-c2cnco2)cc1. The van der Waals surface area contributed by atoms with Crippen LogP contribution in [0.15, 0.2) is 65.5 Å². The van der Waals surface area contributed by atoms with Gasteiger partial charge in [0.1, 0.15) is 23.9 Å². The second-order valence-electron chi connectivity index (χ2n) is 8.41. The Morgan fingerprint density at radius 3 is 2.47 bits per heavy atom. The summed E-state index contributed by atoms with van der Waals surface area (Å²) >= 11 is 0. The van der Waals surface area contributed by atoms with Crippen LogP contribution < -0.4 is 10.6 Å². The van der Waals surface area contributed by atoms with Gasteiger partial charge in [0.05, 0.1) is 12.3 Å². The number of aromatic hydroxyl groups is 1. The lowest BCUT2D eigenvalue weighted by Gasteiger charge is -2.30. The number of Topliss-reactive ketones (excluding diaryl/α,β-unsaturated/α-hetero) is 1. The van der Waals surface area contributed by atoms with Gasteiger partial charge in [-0.3, -0.25) is 14.4 Å². The van der Waals surface area contributed by atoms with Crippen LogP contribution in [0, 0.1) is 0 Å². The number of hydrogen-bond donors (Lipinski definition) is 3. The summed E-state index contributed by atoms with van der Waals surface area (Å²) < 4.78 is 10.7. The molecule has 0 bridgehead atoms. The van der Waals surface area contributed by atoms with Gasteiger partial charge in [0.2, 0.25) is 5.91 Å². The van der Waals surface area contributed by atoms with Gasteiger partial charge in [0.15, 0.2) is 17.9 Å². The molecule has 0 saturated carbocycles. The molecule has 1 aliphatic heterocycles. The first-order valence-corrected chi connectivity index (χ1v) is 10.8. The number of carbonyl (C=O) groups is 3. The monoisotopic (exact) mass is 463 g/mol. The largest absolute Gasteiger partial charge is 0.508 e. The Kier molecular flexibility index (Phi) is 6.47. The van der Waals surface area contributed by atoms with Crippen LogP contribution in [0.4, 0.5) is 0 Å². The van der Waals surface area contributed by atoms with Crippen LogP contribution in [0.1, 0.15) is 29.8 Å². The number of nitrogens with zero attached hydrogens (tertiary/aromatic N) is 1. The molecule has 4 rings (SSSR count). The van der Waals surface area contributed by atoms with E-state index in [1.807, 2.05) is 0 Å². The summed E-state index contributed by atoms with van der Waals surface area (Å²) in [5.74, 6) is -0.521. The van der Waals surface area contributed by atoms with E-state index in [1.165, 1.54) is 18.5 Å². The van der Waals surface area contributed by atoms with Gasteiger partial charge < -0.3 is 24.9 Å². The van der Waals surface area contributed by atoms with E-state index < -0.39 is 29.5 Å². The zero-order valence-electron chi connectivity index (χ0n) is 18.8. The third-order valence-electron chi connectivity index (χ3n) is 6.10. The van der Waals surface area contributed by atoms with Crippen molar-refractivity contribution in [3.05, 3.63) is 72.2 Å². The predicted octanol–water partition coefficient (Wildman–Crippen LogP) is 2.25.